The lowest BCUT2D eigenvalue weighted by molar-refractivity contribution is -0.115. The van der Waals surface area contributed by atoms with Gasteiger partial charge in [-0.15, -0.1) is 0 Å². The number of aryl methyl sites for hydroxylation is 2. The molecule has 0 fully saturated rings. The first-order chi connectivity index (χ1) is 15.7. The summed E-state index contributed by atoms with van der Waals surface area (Å²) < 4.78 is 0. The van der Waals surface area contributed by atoms with E-state index in [1.54, 1.807) is 6.08 Å². The molecule has 0 saturated carbocycles. The quantitative estimate of drug-likeness (QED) is 0.232. The van der Waals surface area contributed by atoms with Crippen molar-refractivity contribution >= 4 is 17.2 Å². The summed E-state index contributed by atoms with van der Waals surface area (Å²) in [7, 11) is 0. The first-order valence-corrected chi connectivity index (χ1v) is 11.1. The molecule has 1 N–H and O–H groups in total. The Hall–Kier alpha value is -3.72. The number of carbonyl (C=O) groups excluding carboxylic acids is 1. The van der Waals surface area contributed by atoms with Gasteiger partial charge in [-0.05, 0) is 49.6 Å². The molecule has 2 aromatic carbocycles. The summed E-state index contributed by atoms with van der Waals surface area (Å²) in [6.45, 7) is 20.8. The summed E-state index contributed by atoms with van der Waals surface area (Å²) in [6.07, 6.45) is 5.90. The van der Waals surface area contributed by atoms with Gasteiger partial charge in [0.15, 0.2) is 5.78 Å². The molecule has 0 saturated heterocycles. The number of hydrogen-bond acceptors (Lipinski definition) is 3. The fourth-order valence-electron chi connectivity index (χ4n) is 3.11. The van der Waals surface area contributed by atoms with E-state index in [-0.39, 0.29) is 5.78 Å². The van der Waals surface area contributed by atoms with E-state index >= 15 is 0 Å². The predicted molar refractivity (Wildman–Crippen MR) is 142 cm³/mol. The Morgan fingerprint density at radius 3 is 2.09 bits per heavy atom. The number of Topliss-reactive ketones (excluding diaryl/α,β-unsaturated/α-hetero) is 1. The molecule has 0 aliphatic rings. The maximum Gasteiger partial charge on any atom is 0.164 e. The van der Waals surface area contributed by atoms with Crippen molar-refractivity contribution in [3.05, 3.63) is 126 Å². The molecule has 0 unspecified atom stereocenters. The van der Waals surface area contributed by atoms with Crippen molar-refractivity contribution < 1.29 is 4.79 Å². The van der Waals surface area contributed by atoms with Crippen molar-refractivity contribution in [2.75, 3.05) is 0 Å². The molecule has 0 atom stereocenters. The summed E-state index contributed by atoms with van der Waals surface area (Å²) in [5.74, 6) is -0.00487. The topological polar surface area (TPSA) is 41.5 Å². The van der Waals surface area contributed by atoms with Crippen LogP contribution in [0.1, 0.15) is 42.5 Å². The number of hydrogen-bond donors (Lipinski definition) is 1. The van der Waals surface area contributed by atoms with Crippen LogP contribution in [-0.4, -0.2) is 11.5 Å². The van der Waals surface area contributed by atoms with Crippen LogP contribution in [0.25, 0.3) is 5.70 Å². The molecule has 0 bridgehead atoms. The Morgan fingerprint density at radius 1 is 0.970 bits per heavy atom. The molecule has 0 heterocycles. The number of allylic oxidation sites excluding steroid dienone is 5. The minimum atomic E-state index is -0.00487. The number of benzene rings is 2. The average molecular weight is 439 g/mol. The van der Waals surface area contributed by atoms with Gasteiger partial charge in [-0.2, -0.15) is 0 Å². The van der Waals surface area contributed by atoms with Gasteiger partial charge in [-0.25, -0.2) is 4.99 Å². The zero-order chi connectivity index (χ0) is 24.4. The monoisotopic (exact) mass is 438 g/mol. The summed E-state index contributed by atoms with van der Waals surface area (Å²) in [5.41, 5.74) is 7.43. The van der Waals surface area contributed by atoms with E-state index in [4.69, 9.17) is 4.99 Å². The SMILES string of the molecule is C=C(/C=C(/C(=C)NCc1ccc(C)cc1)C(=O)CC)C(/C=C\C)=NC(=C)c1ccc(C)cc1. The number of ketones is 1. The third kappa shape index (κ3) is 7.73. The summed E-state index contributed by atoms with van der Waals surface area (Å²) in [5, 5.41) is 3.28. The van der Waals surface area contributed by atoms with Crippen molar-refractivity contribution in [1.29, 1.82) is 0 Å². The van der Waals surface area contributed by atoms with Crippen LogP contribution < -0.4 is 5.32 Å². The molecule has 0 spiro atoms. The van der Waals surface area contributed by atoms with E-state index in [1.165, 1.54) is 11.1 Å². The standard InChI is InChI=1S/C30H34N2O/c1-8-10-29(32-24(6)27-17-13-22(4)14-18-27)23(5)19-28(30(33)9-2)25(7)31-20-26-15-11-21(3)12-16-26/h8,10-19,31H,5-7,9,20H2,1-4H3/b10-8-,28-19-,32-29?. The predicted octanol–water partition coefficient (Wildman–Crippen LogP) is 7.06. The molecule has 2 rings (SSSR count). The lowest BCUT2D eigenvalue weighted by atomic mass is 10.0. The van der Waals surface area contributed by atoms with Gasteiger partial charge < -0.3 is 5.32 Å². The molecular formula is C30H34N2O. The first-order valence-electron chi connectivity index (χ1n) is 11.1. The molecule has 0 radical (unpaired) electrons. The van der Waals surface area contributed by atoms with Gasteiger partial charge in [0, 0.05) is 24.2 Å². The van der Waals surface area contributed by atoms with Crippen molar-refractivity contribution in [2.24, 2.45) is 4.99 Å². The third-order valence-electron chi connectivity index (χ3n) is 5.19. The van der Waals surface area contributed by atoms with Crippen LogP contribution in [0.4, 0.5) is 0 Å². The minimum absolute atomic E-state index is 0.00487. The Balaban J connectivity index is 2.27. The van der Waals surface area contributed by atoms with E-state index in [9.17, 15) is 4.79 Å². The number of aliphatic imine (C=N–C) groups is 1. The Morgan fingerprint density at radius 2 is 1.55 bits per heavy atom. The number of nitrogens with one attached hydrogen (secondary N) is 1. The smallest absolute Gasteiger partial charge is 0.164 e. The van der Waals surface area contributed by atoms with Crippen LogP contribution >= 0.6 is 0 Å². The molecule has 3 nitrogen and oxygen atoms in total. The summed E-state index contributed by atoms with van der Waals surface area (Å²) >= 11 is 0. The van der Waals surface area contributed by atoms with Gasteiger partial charge >= 0.3 is 0 Å². The van der Waals surface area contributed by atoms with E-state index in [2.05, 4.69) is 56.2 Å². The Labute approximate surface area is 198 Å². The van der Waals surface area contributed by atoms with Gasteiger partial charge in [-0.1, -0.05) is 92.4 Å². The maximum atomic E-state index is 12.7. The second-order valence-corrected chi connectivity index (χ2v) is 7.99. The van der Waals surface area contributed by atoms with E-state index in [0.717, 1.165) is 11.1 Å². The van der Waals surface area contributed by atoms with Gasteiger partial charge in [0.25, 0.3) is 0 Å². The second-order valence-electron chi connectivity index (χ2n) is 7.99. The van der Waals surface area contributed by atoms with Crippen LogP contribution in [0.5, 0.6) is 0 Å². The van der Waals surface area contributed by atoms with Crippen LogP contribution in [0.3, 0.4) is 0 Å². The van der Waals surface area contributed by atoms with Crippen LogP contribution in [-0.2, 0) is 11.3 Å². The molecule has 0 amide bonds. The fraction of sp³-hybridized carbons (Fsp3) is 0.200. The summed E-state index contributed by atoms with van der Waals surface area (Å²) in [6, 6.07) is 16.3. The third-order valence-corrected chi connectivity index (χ3v) is 5.19. The lowest BCUT2D eigenvalue weighted by Crippen LogP contribution is -2.18. The molecular weight excluding hydrogens is 404 g/mol. The first kappa shape index (κ1) is 25.5. The van der Waals surface area contributed by atoms with Gasteiger partial charge in [0.1, 0.15) is 0 Å². The zero-order valence-electron chi connectivity index (χ0n) is 20.2. The highest BCUT2D eigenvalue weighted by Gasteiger charge is 2.13. The Kier molecular flexibility index (Phi) is 9.56. The highest BCUT2D eigenvalue weighted by Crippen LogP contribution is 2.19. The largest absolute Gasteiger partial charge is 0.381 e. The van der Waals surface area contributed by atoms with E-state index in [0.29, 0.717) is 41.2 Å². The van der Waals surface area contributed by atoms with Crippen molar-refractivity contribution in [3.63, 3.8) is 0 Å². The number of rotatable bonds is 11. The van der Waals surface area contributed by atoms with E-state index in [1.807, 2.05) is 57.2 Å². The minimum Gasteiger partial charge on any atom is -0.381 e. The van der Waals surface area contributed by atoms with Crippen LogP contribution in [0, 0.1) is 13.8 Å². The molecule has 0 aromatic heterocycles. The van der Waals surface area contributed by atoms with Crippen LogP contribution in [0.2, 0.25) is 0 Å². The highest BCUT2D eigenvalue weighted by atomic mass is 16.1. The zero-order valence-corrected chi connectivity index (χ0v) is 20.2. The normalized spacial score (nSPS) is 12.0. The van der Waals surface area contributed by atoms with E-state index < -0.39 is 0 Å². The summed E-state index contributed by atoms with van der Waals surface area (Å²) in [4.78, 5) is 17.4. The Bertz CT molecular complexity index is 1110. The molecule has 33 heavy (non-hydrogen) atoms. The van der Waals surface area contributed by atoms with Crippen molar-refractivity contribution in [1.82, 2.24) is 5.32 Å². The molecule has 170 valence electrons. The van der Waals surface area contributed by atoms with Crippen molar-refractivity contribution in [3.8, 4) is 0 Å². The van der Waals surface area contributed by atoms with Crippen LogP contribution in [0.15, 0.2) is 108 Å². The lowest BCUT2D eigenvalue weighted by Gasteiger charge is -2.14. The van der Waals surface area contributed by atoms with Crippen molar-refractivity contribution in [2.45, 2.75) is 40.7 Å². The number of carbonyl (C=O) groups is 1. The maximum absolute atomic E-state index is 12.7. The van der Waals surface area contributed by atoms with Gasteiger partial charge in [0.05, 0.1) is 11.4 Å². The average Bonchev–Trinajstić information content (AvgIpc) is 2.81. The molecule has 0 aliphatic carbocycles. The second kappa shape index (κ2) is 12.4. The molecule has 2 aromatic rings. The molecule has 0 aliphatic heterocycles. The highest BCUT2D eigenvalue weighted by molar-refractivity contribution is 6.13. The number of nitrogens with zero attached hydrogens (tertiary/aromatic N) is 1. The van der Waals surface area contributed by atoms with Gasteiger partial charge in [-0.3, -0.25) is 4.79 Å². The molecule has 3 heteroatoms. The fourth-order valence-corrected chi connectivity index (χ4v) is 3.11. The van der Waals surface area contributed by atoms with Gasteiger partial charge in [0.2, 0.25) is 0 Å².